The molecule has 0 spiro atoms. The highest BCUT2D eigenvalue weighted by atomic mass is 16.5. The normalized spacial score (nSPS) is 11.0. The van der Waals surface area contributed by atoms with Crippen molar-refractivity contribution in [3.05, 3.63) is 70.1 Å². The van der Waals surface area contributed by atoms with E-state index in [2.05, 4.69) is 12.2 Å². The lowest BCUT2D eigenvalue weighted by Gasteiger charge is -2.11. The molecule has 1 heterocycles. The first-order valence-electron chi connectivity index (χ1n) is 12.5. The van der Waals surface area contributed by atoms with Crippen LogP contribution in [0.2, 0.25) is 0 Å². The summed E-state index contributed by atoms with van der Waals surface area (Å²) in [6.07, 6.45) is 7.84. The van der Waals surface area contributed by atoms with Gasteiger partial charge in [0.05, 0.1) is 13.7 Å². The smallest absolute Gasteiger partial charge is 0.349 e. The third-order valence-corrected chi connectivity index (χ3v) is 5.59. The molecule has 3 rings (SSSR count). The molecular weight excluding hydrogens is 474 g/mol. The number of ether oxygens (including phenoxy) is 3. The molecule has 0 aliphatic carbocycles. The number of hydrogen-bond donors (Lipinski definition) is 1. The second-order valence-electron chi connectivity index (χ2n) is 8.48. The maximum atomic E-state index is 12.4. The number of benzene rings is 2. The van der Waals surface area contributed by atoms with Crippen LogP contribution >= 0.6 is 0 Å². The summed E-state index contributed by atoms with van der Waals surface area (Å²) in [5, 5.41) is 3.24. The number of carbonyl (C=O) groups excluding carboxylic acids is 2. The van der Waals surface area contributed by atoms with E-state index < -0.39 is 17.5 Å². The van der Waals surface area contributed by atoms with Crippen molar-refractivity contribution < 1.29 is 28.2 Å². The van der Waals surface area contributed by atoms with Gasteiger partial charge in [0, 0.05) is 24.1 Å². The maximum absolute atomic E-state index is 12.4. The number of fused-ring (bicyclic) bond motifs is 1. The Morgan fingerprint density at radius 3 is 2.54 bits per heavy atom. The van der Waals surface area contributed by atoms with Crippen LogP contribution in [-0.2, 0) is 4.79 Å². The number of esters is 1. The molecule has 1 amide bonds. The molecule has 0 aliphatic rings. The Kier molecular flexibility index (Phi) is 10.3. The number of carbonyl (C=O) groups is 2. The van der Waals surface area contributed by atoms with E-state index in [1.165, 1.54) is 18.2 Å². The lowest BCUT2D eigenvalue weighted by atomic mass is 10.1. The van der Waals surface area contributed by atoms with Crippen molar-refractivity contribution in [2.75, 3.05) is 20.3 Å². The average Bonchev–Trinajstić information content (AvgIpc) is 2.89. The topological polar surface area (TPSA) is 104 Å². The van der Waals surface area contributed by atoms with Crippen LogP contribution < -0.4 is 25.2 Å². The van der Waals surface area contributed by atoms with Gasteiger partial charge in [-0.05, 0) is 54.8 Å². The number of unbranched alkanes of at least 4 members (excludes halogenated alkanes) is 3. The molecule has 8 nitrogen and oxygen atoms in total. The number of methoxy groups -OCH3 is 1. The summed E-state index contributed by atoms with van der Waals surface area (Å²) < 4.78 is 21.8. The van der Waals surface area contributed by atoms with Crippen LogP contribution in [-0.4, -0.2) is 32.1 Å². The minimum atomic E-state index is -0.753. The second kappa shape index (κ2) is 13.9. The zero-order valence-electron chi connectivity index (χ0n) is 21.5. The standard InChI is InChI=1S/C29H33NO7/c1-4-6-8-16-35-24-13-9-20(17-26(24)34-3)10-14-27(31)36-22-12-11-21-18-23(28(32)30-15-7-5-2)29(33)37-25(21)19-22/h9-14,17-19H,4-8,15-16H2,1-3H3,(H,30,32)/b14-10+. The fraction of sp³-hybridized carbons (Fsp3) is 0.345. The lowest BCUT2D eigenvalue weighted by Crippen LogP contribution is -2.28. The van der Waals surface area contributed by atoms with Crippen LogP contribution in [0.3, 0.4) is 0 Å². The molecule has 37 heavy (non-hydrogen) atoms. The van der Waals surface area contributed by atoms with E-state index >= 15 is 0 Å². The van der Waals surface area contributed by atoms with Gasteiger partial charge in [0.25, 0.3) is 5.91 Å². The fourth-order valence-electron chi connectivity index (χ4n) is 3.54. The number of nitrogens with one attached hydrogen (secondary N) is 1. The minimum Gasteiger partial charge on any atom is -0.493 e. The van der Waals surface area contributed by atoms with Crippen molar-refractivity contribution in [3.63, 3.8) is 0 Å². The van der Waals surface area contributed by atoms with Crippen LogP contribution in [0.1, 0.15) is 61.9 Å². The summed E-state index contributed by atoms with van der Waals surface area (Å²) in [6.45, 7) is 5.25. The summed E-state index contributed by atoms with van der Waals surface area (Å²) in [5.41, 5.74) is 0.133. The first kappa shape index (κ1) is 27.5. The van der Waals surface area contributed by atoms with Crippen LogP contribution in [0.4, 0.5) is 0 Å². The second-order valence-corrected chi connectivity index (χ2v) is 8.48. The molecule has 0 radical (unpaired) electrons. The summed E-state index contributed by atoms with van der Waals surface area (Å²) in [4.78, 5) is 36.9. The lowest BCUT2D eigenvalue weighted by molar-refractivity contribution is -0.128. The Morgan fingerprint density at radius 1 is 0.973 bits per heavy atom. The van der Waals surface area contributed by atoms with Crippen LogP contribution in [0.15, 0.2) is 57.8 Å². The van der Waals surface area contributed by atoms with Gasteiger partial charge in [-0.2, -0.15) is 0 Å². The SMILES string of the molecule is CCCCCOc1ccc(/C=C/C(=O)Oc2ccc3cc(C(=O)NCCCC)c(=O)oc3c2)cc1OC. The highest BCUT2D eigenvalue weighted by molar-refractivity contribution is 5.97. The van der Waals surface area contributed by atoms with Crippen molar-refractivity contribution in [1.82, 2.24) is 5.32 Å². The quantitative estimate of drug-likeness (QED) is 0.107. The molecule has 0 aliphatic heterocycles. The first-order valence-corrected chi connectivity index (χ1v) is 12.5. The van der Waals surface area contributed by atoms with Gasteiger partial charge in [0.15, 0.2) is 11.5 Å². The number of amides is 1. The van der Waals surface area contributed by atoms with Crippen molar-refractivity contribution in [3.8, 4) is 17.2 Å². The van der Waals surface area contributed by atoms with Gasteiger partial charge in [0.2, 0.25) is 0 Å². The zero-order valence-corrected chi connectivity index (χ0v) is 21.5. The number of hydrogen-bond acceptors (Lipinski definition) is 7. The summed E-state index contributed by atoms with van der Waals surface area (Å²) in [5.74, 6) is 0.358. The molecule has 0 bridgehead atoms. The molecule has 0 saturated heterocycles. The highest BCUT2D eigenvalue weighted by Crippen LogP contribution is 2.29. The molecule has 2 aromatic carbocycles. The highest BCUT2D eigenvalue weighted by Gasteiger charge is 2.14. The molecule has 1 aromatic heterocycles. The van der Waals surface area contributed by atoms with Crippen molar-refractivity contribution in [2.24, 2.45) is 0 Å². The van der Waals surface area contributed by atoms with Gasteiger partial charge in [-0.3, -0.25) is 4.79 Å². The molecule has 0 fully saturated rings. The molecule has 1 N–H and O–H groups in total. The van der Waals surface area contributed by atoms with E-state index in [1.807, 2.05) is 13.0 Å². The summed E-state index contributed by atoms with van der Waals surface area (Å²) >= 11 is 0. The maximum Gasteiger partial charge on any atom is 0.349 e. The van der Waals surface area contributed by atoms with Crippen molar-refractivity contribution in [1.29, 1.82) is 0 Å². The van der Waals surface area contributed by atoms with Gasteiger partial charge in [-0.25, -0.2) is 9.59 Å². The summed E-state index contributed by atoms with van der Waals surface area (Å²) in [7, 11) is 1.57. The van der Waals surface area contributed by atoms with E-state index in [0.717, 1.165) is 37.7 Å². The largest absolute Gasteiger partial charge is 0.493 e. The molecule has 8 heteroatoms. The van der Waals surface area contributed by atoms with Gasteiger partial charge in [-0.1, -0.05) is 39.2 Å². The monoisotopic (exact) mass is 507 g/mol. The van der Waals surface area contributed by atoms with E-state index in [0.29, 0.717) is 30.0 Å². The van der Waals surface area contributed by atoms with Crippen molar-refractivity contribution >= 4 is 28.9 Å². The van der Waals surface area contributed by atoms with Gasteiger partial charge in [-0.15, -0.1) is 0 Å². The van der Waals surface area contributed by atoms with Crippen molar-refractivity contribution in [2.45, 2.75) is 46.0 Å². The van der Waals surface area contributed by atoms with Crippen LogP contribution in [0, 0.1) is 0 Å². The Bertz CT molecular complexity index is 1310. The molecule has 196 valence electrons. The Morgan fingerprint density at radius 2 is 1.78 bits per heavy atom. The predicted octanol–water partition coefficient (Wildman–Crippen LogP) is 5.52. The summed E-state index contributed by atoms with van der Waals surface area (Å²) in [6, 6.07) is 11.5. The zero-order chi connectivity index (χ0) is 26.6. The Hall–Kier alpha value is -4.07. The predicted molar refractivity (Wildman–Crippen MR) is 142 cm³/mol. The molecular formula is C29H33NO7. The van der Waals surface area contributed by atoms with Gasteiger partial charge < -0.3 is 23.9 Å². The molecule has 0 unspecified atom stereocenters. The number of rotatable bonds is 13. The molecule has 0 atom stereocenters. The fourth-order valence-corrected chi connectivity index (χ4v) is 3.54. The first-order chi connectivity index (χ1) is 17.9. The average molecular weight is 508 g/mol. The third-order valence-electron chi connectivity index (χ3n) is 5.59. The van der Waals surface area contributed by atoms with E-state index in [-0.39, 0.29) is 16.9 Å². The van der Waals surface area contributed by atoms with Gasteiger partial charge in [0.1, 0.15) is 16.9 Å². The van der Waals surface area contributed by atoms with E-state index in [1.54, 1.807) is 37.5 Å². The molecule has 3 aromatic rings. The van der Waals surface area contributed by atoms with Crippen LogP contribution in [0.5, 0.6) is 17.2 Å². The minimum absolute atomic E-state index is 0.0657. The Balaban J connectivity index is 1.65. The van der Waals surface area contributed by atoms with E-state index in [9.17, 15) is 14.4 Å². The Labute approximate surface area is 216 Å². The van der Waals surface area contributed by atoms with E-state index in [4.69, 9.17) is 18.6 Å². The molecule has 0 saturated carbocycles. The van der Waals surface area contributed by atoms with Crippen LogP contribution in [0.25, 0.3) is 17.0 Å². The third kappa shape index (κ3) is 7.96. The van der Waals surface area contributed by atoms with Gasteiger partial charge >= 0.3 is 11.6 Å².